The van der Waals surface area contributed by atoms with Gasteiger partial charge in [0.2, 0.25) is 0 Å². The van der Waals surface area contributed by atoms with Crippen LogP contribution in [-0.2, 0) is 4.43 Å². The van der Waals surface area contributed by atoms with Gasteiger partial charge in [0.05, 0.1) is 26.4 Å². The molecule has 2 aromatic carbocycles. The summed E-state index contributed by atoms with van der Waals surface area (Å²) >= 11 is 0. The Morgan fingerprint density at radius 3 is 1.51 bits per heavy atom. The van der Waals surface area contributed by atoms with E-state index in [-0.39, 0.29) is 66.1 Å². The van der Waals surface area contributed by atoms with Crippen molar-refractivity contribution >= 4 is 8.32 Å². The lowest BCUT2D eigenvalue weighted by atomic mass is 10.2. The molecule has 0 bridgehead atoms. The highest BCUT2D eigenvalue weighted by molar-refractivity contribution is 6.74. The minimum absolute atomic E-state index is 0. The second-order valence-electron chi connectivity index (χ2n) is 9.70. The van der Waals surface area contributed by atoms with E-state index in [1.165, 1.54) is 18.2 Å². The maximum absolute atomic E-state index is 12.9. The molecule has 0 heterocycles. The Morgan fingerprint density at radius 1 is 0.651 bits per heavy atom. The van der Waals surface area contributed by atoms with Crippen molar-refractivity contribution in [3.8, 4) is 23.0 Å². The van der Waals surface area contributed by atoms with Crippen LogP contribution in [0.3, 0.4) is 0 Å². The molecule has 0 radical (unpaired) electrons. The van der Waals surface area contributed by atoms with Gasteiger partial charge < -0.3 is 39.4 Å². The van der Waals surface area contributed by atoms with Gasteiger partial charge in [-0.15, -0.1) is 0 Å². The van der Waals surface area contributed by atoms with Crippen molar-refractivity contribution in [3.63, 3.8) is 0 Å². The van der Waals surface area contributed by atoms with Crippen LogP contribution in [0.2, 0.25) is 18.1 Å². The Labute approximate surface area is 262 Å². The van der Waals surface area contributed by atoms with E-state index in [4.69, 9.17) is 39.4 Å². The highest BCUT2D eigenvalue weighted by Crippen LogP contribution is 2.36. The summed E-state index contributed by atoms with van der Waals surface area (Å²) in [6.07, 6.45) is 1.72. The number of hydrogen-bond acceptors (Lipinski definition) is 8. The number of halogens is 2. The molecule has 0 amide bonds. The number of phenols is 2. The van der Waals surface area contributed by atoms with Crippen molar-refractivity contribution < 1.29 is 48.2 Å². The van der Waals surface area contributed by atoms with Crippen molar-refractivity contribution in [2.45, 2.75) is 95.3 Å². The van der Waals surface area contributed by atoms with Crippen LogP contribution >= 0.6 is 0 Å². The van der Waals surface area contributed by atoms with Crippen LogP contribution in [0.25, 0.3) is 0 Å². The summed E-state index contributed by atoms with van der Waals surface area (Å²) in [5, 5.41) is 42.6. The number of phenolic OH excluding ortho intramolecular Hbond substituents is 2. The van der Waals surface area contributed by atoms with E-state index in [2.05, 4.69) is 33.9 Å². The molecule has 2 rings (SSSR count). The van der Waals surface area contributed by atoms with Crippen molar-refractivity contribution in [3.05, 3.63) is 48.0 Å². The highest BCUT2D eigenvalue weighted by Gasteiger charge is 2.36. The number of ether oxygens (including phenoxy) is 2. The molecule has 43 heavy (non-hydrogen) atoms. The second kappa shape index (κ2) is 29.6. The first-order valence-electron chi connectivity index (χ1n) is 12.9. The fourth-order valence-electron chi connectivity index (χ4n) is 2.10. The van der Waals surface area contributed by atoms with Gasteiger partial charge >= 0.3 is 0 Å². The largest absolute Gasteiger partial charge is 0.504 e. The van der Waals surface area contributed by atoms with E-state index in [1.807, 2.05) is 13.8 Å². The molecule has 0 saturated carbocycles. The van der Waals surface area contributed by atoms with Gasteiger partial charge in [0.15, 0.2) is 31.3 Å². The van der Waals surface area contributed by atoms with Gasteiger partial charge in [-0.25, -0.2) is 8.78 Å². The molecular weight excluding hydrogens is 578 g/mol. The lowest BCUT2D eigenvalue weighted by Crippen LogP contribution is -2.41. The number of benzene rings is 2. The Morgan fingerprint density at radius 2 is 1.12 bits per heavy atom. The van der Waals surface area contributed by atoms with Gasteiger partial charge in [-0.1, -0.05) is 64.3 Å². The van der Waals surface area contributed by atoms with Crippen LogP contribution in [0.4, 0.5) is 8.78 Å². The van der Waals surface area contributed by atoms with Crippen molar-refractivity contribution in [1.29, 1.82) is 0 Å². The lowest BCUT2D eigenvalue weighted by Gasteiger charge is -2.35. The molecule has 0 atom stereocenters. The van der Waals surface area contributed by atoms with E-state index >= 15 is 0 Å². The molecule has 0 saturated heterocycles. The van der Waals surface area contributed by atoms with Gasteiger partial charge in [0.25, 0.3) is 0 Å². The third kappa shape index (κ3) is 25.7. The average molecular weight is 643 g/mol. The summed E-state index contributed by atoms with van der Waals surface area (Å²) in [4.78, 5) is 0. The lowest BCUT2D eigenvalue weighted by molar-refractivity contribution is 0.189. The standard InChI is InChI=1S/C11H15FO3.C8H20O2Si.C6H5FO2.C3H8O.4CH4/c1-2-6-14-11-8-9(12)3-4-10(11)15-7-5-13;1-8(2,3)11(4,5)10-7-6-9;7-4-1-2-5(8)6(9)3-4;1-2-3-4;;;;/h3-4,8,13H,2,5-7H2,1H3;9H,6-7H2,1-5H3;1-3,8-9H;4H,2-3H2,1H3;4*1H4. The predicted molar refractivity (Wildman–Crippen MR) is 179 cm³/mol. The fraction of sp³-hybridized carbons (Fsp3) is 0.625. The SMILES string of the molecule is C.C.C.C.CC(C)(C)[Si](C)(C)OCCO.CCCO.CCCOc1cc(F)ccc1OCCO.Oc1ccc(F)cc1O. The minimum Gasteiger partial charge on any atom is -0.504 e. The van der Waals surface area contributed by atoms with E-state index in [1.54, 1.807) is 0 Å². The van der Waals surface area contributed by atoms with E-state index in [0.29, 0.717) is 31.3 Å². The molecule has 0 unspecified atom stereocenters. The summed E-state index contributed by atoms with van der Waals surface area (Å²) in [6.45, 7) is 16.4. The Hall–Kier alpha value is -2.44. The first-order valence-corrected chi connectivity index (χ1v) is 15.8. The van der Waals surface area contributed by atoms with Crippen LogP contribution in [0.15, 0.2) is 36.4 Å². The number of hydrogen-bond donors (Lipinski definition) is 5. The zero-order chi connectivity index (χ0) is 30.5. The smallest absolute Gasteiger partial charge is 0.192 e. The molecular formula is C32H64F2O8Si. The third-order valence-electron chi connectivity index (χ3n) is 5.24. The van der Waals surface area contributed by atoms with E-state index < -0.39 is 19.9 Å². The normalized spacial score (nSPS) is 9.67. The van der Waals surface area contributed by atoms with Crippen LogP contribution < -0.4 is 9.47 Å². The van der Waals surface area contributed by atoms with Gasteiger partial charge in [0, 0.05) is 18.7 Å². The maximum atomic E-state index is 12.9. The first-order chi connectivity index (χ1) is 18.2. The van der Waals surface area contributed by atoms with Crippen molar-refractivity contribution in [1.82, 2.24) is 0 Å². The zero-order valence-electron chi connectivity index (χ0n) is 24.3. The van der Waals surface area contributed by atoms with E-state index in [0.717, 1.165) is 31.0 Å². The summed E-state index contributed by atoms with van der Waals surface area (Å²) in [6, 6.07) is 7.07. The second-order valence-corrected chi connectivity index (χ2v) is 14.5. The predicted octanol–water partition coefficient (Wildman–Crippen LogP) is 8.16. The molecule has 0 fully saturated rings. The van der Waals surface area contributed by atoms with Crippen molar-refractivity contribution in [2.75, 3.05) is 39.6 Å². The molecule has 5 N–H and O–H groups in total. The zero-order valence-corrected chi connectivity index (χ0v) is 25.3. The topological polar surface area (TPSA) is 129 Å². The first kappa shape index (κ1) is 53.1. The molecule has 0 aliphatic rings. The van der Waals surface area contributed by atoms with E-state index in [9.17, 15) is 8.78 Å². The third-order valence-corrected chi connectivity index (χ3v) is 9.78. The number of aliphatic hydroxyl groups excluding tert-OH is 3. The maximum Gasteiger partial charge on any atom is 0.192 e. The summed E-state index contributed by atoms with van der Waals surface area (Å²) < 4.78 is 41.1. The summed E-state index contributed by atoms with van der Waals surface area (Å²) in [7, 11) is -1.59. The van der Waals surface area contributed by atoms with Gasteiger partial charge in [-0.2, -0.15) is 0 Å². The van der Waals surface area contributed by atoms with Crippen molar-refractivity contribution in [2.24, 2.45) is 0 Å². The summed E-state index contributed by atoms with van der Waals surface area (Å²) in [5.41, 5.74) is 0. The molecule has 0 aliphatic heterocycles. The average Bonchev–Trinajstić information content (AvgIpc) is 2.88. The summed E-state index contributed by atoms with van der Waals surface area (Å²) in [5.74, 6) is -0.835. The van der Waals surface area contributed by atoms with Crippen LogP contribution in [0.5, 0.6) is 23.0 Å². The van der Waals surface area contributed by atoms with Gasteiger partial charge in [0.1, 0.15) is 18.2 Å². The van der Waals surface area contributed by atoms with Gasteiger partial charge in [-0.05, 0) is 55.2 Å². The molecule has 0 aromatic heterocycles. The minimum atomic E-state index is -1.59. The van der Waals surface area contributed by atoms with Crippen LogP contribution in [0.1, 0.15) is 77.2 Å². The van der Waals surface area contributed by atoms with Gasteiger partial charge in [-0.3, -0.25) is 0 Å². The quantitative estimate of drug-likeness (QED) is 0.130. The monoisotopic (exact) mass is 642 g/mol. The number of aromatic hydroxyl groups is 2. The molecule has 11 heteroatoms. The molecule has 0 aliphatic carbocycles. The Bertz CT molecular complexity index is 892. The molecule has 258 valence electrons. The highest BCUT2D eigenvalue weighted by atomic mass is 28.4. The van der Waals surface area contributed by atoms with Crippen LogP contribution in [0, 0.1) is 11.6 Å². The fourth-order valence-corrected chi connectivity index (χ4v) is 3.13. The Balaban J connectivity index is -0.000000110. The number of aliphatic hydroxyl groups is 3. The molecule has 2 aromatic rings. The number of rotatable bonds is 10. The molecule has 0 spiro atoms. The Kier molecular flexibility index (Phi) is 36.6. The molecule has 8 nitrogen and oxygen atoms in total. The van der Waals surface area contributed by atoms with Crippen LogP contribution in [-0.4, -0.2) is 73.5 Å².